The molecule has 0 radical (unpaired) electrons. The van der Waals surface area contributed by atoms with Gasteiger partial charge in [-0.05, 0) is 50.5 Å². The highest BCUT2D eigenvalue weighted by molar-refractivity contribution is 5.90. The van der Waals surface area contributed by atoms with Gasteiger partial charge >= 0.3 is 11.9 Å². The van der Waals surface area contributed by atoms with Gasteiger partial charge in [-0.2, -0.15) is 0 Å². The van der Waals surface area contributed by atoms with Crippen LogP contribution in [0.5, 0.6) is 0 Å². The lowest BCUT2D eigenvalue weighted by Gasteiger charge is -2.12. The van der Waals surface area contributed by atoms with Gasteiger partial charge in [0.2, 0.25) is 0 Å². The van der Waals surface area contributed by atoms with Crippen LogP contribution < -0.4 is 0 Å². The minimum absolute atomic E-state index is 0.0507. The van der Waals surface area contributed by atoms with Crippen molar-refractivity contribution in [2.45, 2.75) is 149 Å². The number of carbonyl (C=O) groups excluding carboxylic acids is 3. The van der Waals surface area contributed by atoms with Crippen molar-refractivity contribution in [1.29, 1.82) is 0 Å². The number of carbonyl (C=O) groups is 3. The molecule has 0 fully saturated rings. The van der Waals surface area contributed by atoms with Crippen molar-refractivity contribution in [1.82, 2.24) is 0 Å². The van der Waals surface area contributed by atoms with E-state index in [1.165, 1.54) is 63.9 Å². The molecule has 0 aliphatic carbocycles. The first-order valence-corrected chi connectivity index (χ1v) is 17.0. The fourth-order valence-electron chi connectivity index (χ4n) is 4.34. The van der Waals surface area contributed by atoms with Gasteiger partial charge in [-0.1, -0.05) is 128 Å². The predicted molar refractivity (Wildman–Crippen MR) is 178 cm³/mol. The summed E-state index contributed by atoms with van der Waals surface area (Å²) in [5.74, 6) is -0.0751. The van der Waals surface area contributed by atoms with Crippen LogP contribution >= 0.6 is 0 Å². The standard InChI is InChI=1S/C37H62O6/c1-4-5-6-7-8-9-10-11-12-13-17-20-23-27-34(38)28-25-30-37(41)43-32-35(39)31-42-36(40)29-24-21-18-15-14-16-19-22-26-33(2)3/h8-9,11-12,17,20,23,27,33,35,39H,4-7,10,13-16,18-19,21-22,24-26,28-32H2,1-3H3/b9-8-,12-11-,20-17-,27-23+/t35-/m1/s1. The second kappa shape index (κ2) is 31.0. The van der Waals surface area contributed by atoms with E-state index in [2.05, 4.69) is 45.1 Å². The first kappa shape index (κ1) is 40.5. The highest BCUT2D eigenvalue weighted by Crippen LogP contribution is 2.13. The molecule has 0 aliphatic rings. The van der Waals surface area contributed by atoms with Gasteiger partial charge in [0, 0.05) is 19.3 Å². The van der Waals surface area contributed by atoms with Crippen molar-refractivity contribution in [3.63, 3.8) is 0 Å². The Bertz CT molecular complexity index is 808. The average Bonchev–Trinajstić information content (AvgIpc) is 2.98. The van der Waals surface area contributed by atoms with E-state index in [0.29, 0.717) is 12.8 Å². The van der Waals surface area contributed by atoms with Gasteiger partial charge in [-0.25, -0.2) is 0 Å². The Balaban J connectivity index is 3.71. The second-order valence-corrected chi connectivity index (χ2v) is 11.8. The van der Waals surface area contributed by atoms with Crippen LogP contribution in [0.4, 0.5) is 0 Å². The van der Waals surface area contributed by atoms with E-state index in [1.54, 1.807) is 6.08 Å². The third-order valence-electron chi connectivity index (χ3n) is 6.97. The zero-order valence-electron chi connectivity index (χ0n) is 27.6. The van der Waals surface area contributed by atoms with Crippen molar-refractivity contribution in [2.24, 2.45) is 5.92 Å². The van der Waals surface area contributed by atoms with E-state index in [9.17, 15) is 19.5 Å². The number of hydrogen-bond donors (Lipinski definition) is 1. The van der Waals surface area contributed by atoms with Gasteiger partial charge in [0.1, 0.15) is 19.3 Å². The Morgan fingerprint density at radius 2 is 1.19 bits per heavy atom. The molecule has 0 bridgehead atoms. The maximum atomic E-state index is 12.0. The smallest absolute Gasteiger partial charge is 0.305 e. The number of hydrogen-bond acceptors (Lipinski definition) is 6. The molecule has 0 aromatic carbocycles. The van der Waals surface area contributed by atoms with E-state index in [0.717, 1.165) is 44.4 Å². The molecule has 0 aromatic heterocycles. The molecule has 0 aromatic rings. The zero-order chi connectivity index (χ0) is 31.8. The van der Waals surface area contributed by atoms with Crippen molar-refractivity contribution < 1.29 is 29.0 Å². The molecule has 0 aliphatic heterocycles. The minimum atomic E-state index is -1.05. The first-order chi connectivity index (χ1) is 20.8. The number of ketones is 1. The number of ether oxygens (including phenoxy) is 2. The van der Waals surface area contributed by atoms with Crippen LogP contribution in [0.1, 0.15) is 143 Å². The fraction of sp³-hybridized carbons (Fsp3) is 0.703. The molecule has 43 heavy (non-hydrogen) atoms. The van der Waals surface area contributed by atoms with Crippen LogP contribution in [-0.4, -0.2) is 42.1 Å². The van der Waals surface area contributed by atoms with Crippen LogP contribution in [0.2, 0.25) is 0 Å². The van der Waals surface area contributed by atoms with Crippen LogP contribution in [0, 0.1) is 5.92 Å². The molecule has 0 spiro atoms. The van der Waals surface area contributed by atoms with E-state index in [4.69, 9.17) is 9.47 Å². The largest absolute Gasteiger partial charge is 0.463 e. The molecule has 6 heteroatoms. The van der Waals surface area contributed by atoms with Crippen molar-refractivity contribution in [2.75, 3.05) is 13.2 Å². The summed E-state index contributed by atoms with van der Waals surface area (Å²) in [5.41, 5.74) is 0. The maximum absolute atomic E-state index is 12.0. The van der Waals surface area contributed by atoms with Gasteiger partial charge in [0.05, 0.1) is 0 Å². The fourth-order valence-corrected chi connectivity index (χ4v) is 4.34. The zero-order valence-corrected chi connectivity index (χ0v) is 27.6. The van der Waals surface area contributed by atoms with Crippen molar-refractivity contribution >= 4 is 17.7 Å². The SMILES string of the molecule is CCCCC/C=C\C/C=C\C/C=C\C=C\C(=O)CCCC(=O)OC[C@H](O)COC(=O)CCCCCCCCCCC(C)C. The Hall–Kier alpha value is -2.47. The quantitative estimate of drug-likeness (QED) is 0.0302. The minimum Gasteiger partial charge on any atom is -0.463 e. The third-order valence-corrected chi connectivity index (χ3v) is 6.97. The van der Waals surface area contributed by atoms with Crippen molar-refractivity contribution in [3.8, 4) is 0 Å². The summed E-state index contributed by atoms with van der Waals surface area (Å²) in [7, 11) is 0. The topological polar surface area (TPSA) is 89.9 Å². The summed E-state index contributed by atoms with van der Waals surface area (Å²) >= 11 is 0. The number of rotatable bonds is 29. The lowest BCUT2D eigenvalue weighted by atomic mass is 10.0. The van der Waals surface area contributed by atoms with Crippen LogP contribution in [-0.2, 0) is 23.9 Å². The van der Waals surface area contributed by atoms with Crippen molar-refractivity contribution in [3.05, 3.63) is 48.6 Å². The van der Waals surface area contributed by atoms with E-state index in [-0.39, 0.29) is 37.8 Å². The third kappa shape index (κ3) is 32.3. The molecular weight excluding hydrogens is 540 g/mol. The maximum Gasteiger partial charge on any atom is 0.305 e. The van der Waals surface area contributed by atoms with Gasteiger partial charge in [-0.3, -0.25) is 14.4 Å². The Morgan fingerprint density at radius 3 is 1.81 bits per heavy atom. The molecule has 6 nitrogen and oxygen atoms in total. The molecular formula is C37H62O6. The van der Waals surface area contributed by atoms with E-state index >= 15 is 0 Å². The predicted octanol–water partition coefficient (Wildman–Crippen LogP) is 9.32. The Kier molecular flexibility index (Phi) is 29.2. The number of allylic oxidation sites excluding steroid dienone is 8. The first-order valence-electron chi connectivity index (χ1n) is 17.0. The number of aliphatic hydroxyl groups excluding tert-OH is 1. The van der Waals surface area contributed by atoms with Crippen LogP contribution in [0.15, 0.2) is 48.6 Å². The van der Waals surface area contributed by atoms with Gasteiger partial charge in [-0.15, -0.1) is 0 Å². The summed E-state index contributed by atoms with van der Waals surface area (Å²) in [6.45, 7) is 6.33. The van der Waals surface area contributed by atoms with Crippen LogP contribution in [0.3, 0.4) is 0 Å². The molecule has 1 atom stereocenters. The summed E-state index contributed by atoms with van der Waals surface area (Å²) in [6, 6.07) is 0. The molecule has 0 saturated carbocycles. The summed E-state index contributed by atoms with van der Waals surface area (Å²) in [4.78, 5) is 35.7. The highest BCUT2D eigenvalue weighted by atomic mass is 16.6. The molecule has 0 heterocycles. The molecule has 0 amide bonds. The Morgan fingerprint density at radius 1 is 0.628 bits per heavy atom. The lowest BCUT2D eigenvalue weighted by molar-refractivity contribution is -0.152. The van der Waals surface area contributed by atoms with E-state index in [1.807, 2.05) is 12.2 Å². The number of unbranched alkanes of at least 4 members (excludes halogenated alkanes) is 10. The molecule has 1 N–H and O–H groups in total. The summed E-state index contributed by atoms with van der Waals surface area (Å²) < 4.78 is 10.1. The average molecular weight is 603 g/mol. The summed E-state index contributed by atoms with van der Waals surface area (Å²) in [6.07, 6.45) is 33.1. The summed E-state index contributed by atoms with van der Waals surface area (Å²) in [5, 5.41) is 9.94. The van der Waals surface area contributed by atoms with Gasteiger partial charge < -0.3 is 14.6 Å². The van der Waals surface area contributed by atoms with Gasteiger partial charge in [0.25, 0.3) is 0 Å². The van der Waals surface area contributed by atoms with Crippen LogP contribution in [0.25, 0.3) is 0 Å². The molecule has 246 valence electrons. The van der Waals surface area contributed by atoms with E-state index < -0.39 is 12.1 Å². The lowest BCUT2D eigenvalue weighted by Crippen LogP contribution is -2.25. The molecule has 0 saturated heterocycles. The Labute approximate surface area is 263 Å². The monoisotopic (exact) mass is 602 g/mol. The van der Waals surface area contributed by atoms with Gasteiger partial charge in [0.15, 0.2) is 5.78 Å². The normalized spacial score (nSPS) is 12.8. The molecule has 0 unspecified atom stereocenters. The highest BCUT2D eigenvalue weighted by Gasteiger charge is 2.12. The number of esters is 2. The number of aliphatic hydroxyl groups is 1. The second-order valence-electron chi connectivity index (χ2n) is 11.8. The molecule has 0 rings (SSSR count).